The number of H-pyrrole nitrogens is 1. The summed E-state index contributed by atoms with van der Waals surface area (Å²) in [5, 5.41) is 0. The number of halogens is 1. The van der Waals surface area contributed by atoms with E-state index in [0.717, 1.165) is 21.6 Å². The molecule has 1 aromatic heterocycles. The zero-order valence-electron chi connectivity index (χ0n) is 16.3. The number of aromatic amines is 1. The van der Waals surface area contributed by atoms with Crippen molar-refractivity contribution in [2.24, 2.45) is 5.92 Å². The Hall–Kier alpha value is -1.82. The van der Waals surface area contributed by atoms with Gasteiger partial charge in [-0.1, -0.05) is 41.9 Å². The van der Waals surface area contributed by atoms with E-state index in [1.807, 2.05) is 58.2 Å². The summed E-state index contributed by atoms with van der Waals surface area (Å²) in [5.74, 6) is 0.956. The number of nitrogens with one attached hydrogen (secondary N) is 1. The van der Waals surface area contributed by atoms with Crippen molar-refractivity contribution < 1.29 is 9.53 Å². The molecule has 0 bridgehead atoms. The summed E-state index contributed by atoms with van der Waals surface area (Å²) in [5.41, 5.74) is 1.45. The molecule has 0 saturated carbocycles. The lowest BCUT2D eigenvalue weighted by molar-refractivity contribution is 0.0111. The van der Waals surface area contributed by atoms with Crippen LogP contribution in [0.1, 0.15) is 53.4 Å². The lowest BCUT2D eigenvalue weighted by Crippen LogP contribution is -2.41. The van der Waals surface area contributed by atoms with Gasteiger partial charge < -0.3 is 9.72 Å². The number of carbonyl (C=O) groups excluding carboxylic acids is 1. The van der Waals surface area contributed by atoms with E-state index in [1.54, 1.807) is 4.90 Å². The summed E-state index contributed by atoms with van der Waals surface area (Å²) >= 11 is 3.45. The molecule has 6 heteroatoms. The van der Waals surface area contributed by atoms with E-state index in [-0.39, 0.29) is 18.1 Å². The molecule has 2 aromatic rings. The maximum atomic E-state index is 12.7. The highest BCUT2D eigenvalue weighted by atomic mass is 79.9. The van der Waals surface area contributed by atoms with E-state index >= 15 is 0 Å². The van der Waals surface area contributed by atoms with Crippen molar-refractivity contribution in [1.29, 1.82) is 0 Å². The summed E-state index contributed by atoms with van der Waals surface area (Å²) < 4.78 is 6.62. The SMILES string of the molecule is CCN(C(=O)OC(C)(C)C)[C@H](c1ncc(-c2ccc(Br)cc2)[nH]1)C(C)C. The summed E-state index contributed by atoms with van der Waals surface area (Å²) in [4.78, 5) is 22.4. The van der Waals surface area contributed by atoms with Crippen molar-refractivity contribution in [3.05, 3.63) is 40.8 Å². The Morgan fingerprint density at radius 1 is 1.27 bits per heavy atom. The second-order valence-electron chi connectivity index (χ2n) is 7.64. The van der Waals surface area contributed by atoms with Gasteiger partial charge in [0.15, 0.2) is 0 Å². The normalized spacial score (nSPS) is 12.9. The van der Waals surface area contributed by atoms with Gasteiger partial charge in [0.2, 0.25) is 0 Å². The van der Waals surface area contributed by atoms with Gasteiger partial charge in [0.05, 0.1) is 17.9 Å². The molecular weight excluding hydrogens is 394 g/mol. The van der Waals surface area contributed by atoms with Gasteiger partial charge >= 0.3 is 6.09 Å². The molecule has 2 rings (SSSR count). The number of rotatable bonds is 5. The number of benzene rings is 1. The molecule has 1 atom stereocenters. The third-order valence-electron chi connectivity index (χ3n) is 3.97. The Bertz CT molecular complexity index is 732. The van der Waals surface area contributed by atoms with E-state index in [0.29, 0.717) is 6.54 Å². The second-order valence-corrected chi connectivity index (χ2v) is 8.56. The molecule has 0 aliphatic carbocycles. The zero-order valence-corrected chi connectivity index (χ0v) is 17.9. The molecule has 0 fully saturated rings. The Kier molecular flexibility index (Phi) is 6.50. The van der Waals surface area contributed by atoms with Gasteiger partial charge in [-0.3, -0.25) is 4.90 Å². The quantitative estimate of drug-likeness (QED) is 0.663. The number of aromatic nitrogens is 2. The molecule has 142 valence electrons. The van der Waals surface area contributed by atoms with Crippen LogP contribution in [0.15, 0.2) is 34.9 Å². The third kappa shape index (κ3) is 5.10. The van der Waals surface area contributed by atoms with Crippen LogP contribution in [0.25, 0.3) is 11.3 Å². The van der Waals surface area contributed by atoms with Gasteiger partial charge in [0.25, 0.3) is 0 Å². The molecular formula is C20H28BrN3O2. The van der Waals surface area contributed by atoms with Crippen LogP contribution in [-0.4, -0.2) is 33.1 Å². The number of hydrogen-bond donors (Lipinski definition) is 1. The van der Waals surface area contributed by atoms with Crippen LogP contribution in [-0.2, 0) is 4.74 Å². The van der Waals surface area contributed by atoms with Gasteiger partial charge in [-0.05, 0) is 51.3 Å². The van der Waals surface area contributed by atoms with E-state index in [9.17, 15) is 4.79 Å². The number of hydrogen-bond acceptors (Lipinski definition) is 3. The van der Waals surface area contributed by atoms with Crippen molar-refractivity contribution in [3.63, 3.8) is 0 Å². The van der Waals surface area contributed by atoms with Crippen LogP contribution in [0.3, 0.4) is 0 Å². The Labute approximate surface area is 164 Å². The zero-order chi connectivity index (χ0) is 19.5. The summed E-state index contributed by atoms with van der Waals surface area (Å²) in [6.07, 6.45) is 1.50. The third-order valence-corrected chi connectivity index (χ3v) is 4.50. The smallest absolute Gasteiger partial charge is 0.410 e. The minimum Gasteiger partial charge on any atom is -0.444 e. The van der Waals surface area contributed by atoms with Crippen LogP contribution >= 0.6 is 15.9 Å². The van der Waals surface area contributed by atoms with E-state index in [1.165, 1.54) is 0 Å². The number of carbonyl (C=O) groups is 1. The second kappa shape index (κ2) is 8.25. The Balaban J connectivity index is 2.31. The van der Waals surface area contributed by atoms with Crippen LogP contribution in [0.2, 0.25) is 0 Å². The van der Waals surface area contributed by atoms with E-state index in [4.69, 9.17) is 4.74 Å². The molecule has 0 aliphatic rings. The predicted molar refractivity (Wildman–Crippen MR) is 108 cm³/mol. The first-order valence-corrected chi connectivity index (χ1v) is 9.72. The highest BCUT2D eigenvalue weighted by Crippen LogP contribution is 2.30. The van der Waals surface area contributed by atoms with Crippen LogP contribution < -0.4 is 0 Å². The van der Waals surface area contributed by atoms with Crippen molar-refractivity contribution >= 4 is 22.0 Å². The van der Waals surface area contributed by atoms with E-state index < -0.39 is 5.60 Å². The minimum absolute atomic E-state index is 0.181. The maximum absolute atomic E-state index is 12.7. The lowest BCUT2D eigenvalue weighted by atomic mass is 10.0. The summed E-state index contributed by atoms with van der Waals surface area (Å²) in [6.45, 7) is 12.3. The van der Waals surface area contributed by atoms with Gasteiger partial charge in [-0.2, -0.15) is 0 Å². The maximum Gasteiger partial charge on any atom is 0.410 e. The largest absolute Gasteiger partial charge is 0.444 e. The molecule has 0 aliphatic heterocycles. The molecule has 0 unspecified atom stereocenters. The fourth-order valence-electron chi connectivity index (χ4n) is 2.85. The molecule has 0 saturated heterocycles. The molecule has 1 amide bonds. The van der Waals surface area contributed by atoms with Gasteiger partial charge in [0.1, 0.15) is 11.4 Å². The van der Waals surface area contributed by atoms with Crippen molar-refractivity contribution in [2.75, 3.05) is 6.54 Å². The van der Waals surface area contributed by atoms with Gasteiger partial charge in [-0.15, -0.1) is 0 Å². The number of imidazole rings is 1. The van der Waals surface area contributed by atoms with Gasteiger partial charge in [-0.25, -0.2) is 9.78 Å². The highest BCUT2D eigenvalue weighted by Gasteiger charge is 2.32. The topological polar surface area (TPSA) is 58.2 Å². The number of amides is 1. The molecule has 1 N–H and O–H groups in total. The fraction of sp³-hybridized carbons (Fsp3) is 0.500. The molecule has 1 aromatic carbocycles. The van der Waals surface area contributed by atoms with Crippen LogP contribution in [0.4, 0.5) is 4.79 Å². The summed E-state index contributed by atoms with van der Waals surface area (Å²) in [6, 6.07) is 7.86. The van der Waals surface area contributed by atoms with Crippen LogP contribution in [0, 0.1) is 5.92 Å². The first-order chi connectivity index (χ1) is 12.1. The van der Waals surface area contributed by atoms with Crippen molar-refractivity contribution in [3.8, 4) is 11.3 Å². The van der Waals surface area contributed by atoms with Crippen molar-refractivity contribution in [2.45, 2.75) is 53.2 Å². The Morgan fingerprint density at radius 3 is 2.38 bits per heavy atom. The molecule has 0 radical (unpaired) electrons. The number of nitrogens with zero attached hydrogens (tertiary/aromatic N) is 2. The van der Waals surface area contributed by atoms with Crippen molar-refractivity contribution in [1.82, 2.24) is 14.9 Å². The monoisotopic (exact) mass is 421 g/mol. The molecule has 1 heterocycles. The number of ether oxygens (including phenoxy) is 1. The average molecular weight is 422 g/mol. The highest BCUT2D eigenvalue weighted by molar-refractivity contribution is 9.10. The standard InChI is InChI=1S/C20H28BrN3O2/c1-7-24(19(25)26-20(4,5)6)17(13(2)3)18-22-12-16(23-18)14-8-10-15(21)11-9-14/h8-13,17H,7H2,1-6H3,(H,22,23)/t17-/m0/s1. The first kappa shape index (κ1) is 20.5. The fourth-order valence-corrected chi connectivity index (χ4v) is 3.11. The average Bonchev–Trinajstić information content (AvgIpc) is 3.00. The molecule has 0 spiro atoms. The first-order valence-electron chi connectivity index (χ1n) is 8.93. The van der Waals surface area contributed by atoms with Crippen LogP contribution in [0.5, 0.6) is 0 Å². The Morgan fingerprint density at radius 2 is 1.88 bits per heavy atom. The summed E-state index contributed by atoms with van der Waals surface area (Å²) in [7, 11) is 0. The molecule has 26 heavy (non-hydrogen) atoms. The lowest BCUT2D eigenvalue weighted by Gasteiger charge is -2.34. The van der Waals surface area contributed by atoms with Gasteiger partial charge in [0, 0.05) is 11.0 Å². The van der Waals surface area contributed by atoms with E-state index in [2.05, 4.69) is 39.7 Å². The minimum atomic E-state index is -0.530. The molecule has 5 nitrogen and oxygen atoms in total. The predicted octanol–water partition coefficient (Wildman–Crippen LogP) is 5.79.